The molecule has 19 heavy (non-hydrogen) atoms. The number of hydrogen-bond acceptors (Lipinski definition) is 2. The molecule has 2 rings (SSSR count). The second kappa shape index (κ2) is 5.77. The van der Waals surface area contributed by atoms with Gasteiger partial charge in [0.05, 0.1) is 13.0 Å². The summed E-state index contributed by atoms with van der Waals surface area (Å²) < 4.78 is 26.2. The first kappa shape index (κ1) is 13.5. The Bertz CT molecular complexity index is 505. The monoisotopic (exact) mass is 268 g/mol. The van der Waals surface area contributed by atoms with Gasteiger partial charge in [-0.05, 0) is 18.1 Å². The lowest BCUT2D eigenvalue weighted by Crippen LogP contribution is -2.38. The molecule has 4 nitrogen and oxygen atoms in total. The largest absolute Gasteiger partial charge is 0.354 e. The molecule has 0 aliphatic carbocycles. The Balaban J connectivity index is 2.05. The summed E-state index contributed by atoms with van der Waals surface area (Å²) >= 11 is 0. The van der Waals surface area contributed by atoms with Gasteiger partial charge < -0.3 is 10.2 Å². The van der Waals surface area contributed by atoms with Crippen LogP contribution in [0.3, 0.4) is 0 Å². The van der Waals surface area contributed by atoms with Crippen molar-refractivity contribution in [3.63, 3.8) is 0 Å². The zero-order valence-corrected chi connectivity index (χ0v) is 10.3. The van der Waals surface area contributed by atoms with E-state index < -0.39 is 11.6 Å². The van der Waals surface area contributed by atoms with Crippen LogP contribution in [0.2, 0.25) is 0 Å². The number of hydrogen-bond donors (Lipinski definition) is 1. The molecule has 0 atom stereocenters. The first-order valence-electron chi connectivity index (χ1n) is 6.04. The van der Waals surface area contributed by atoms with Gasteiger partial charge in [-0.15, -0.1) is 0 Å². The first-order valence-corrected chi connectivity index (χ1v) is 6.04. The highest BCUT2D eigenvalue weighted by atomic mass is 19.1. The van der Waals surface area contributed by atoms with E-state index in [4.69, 9.17) is 0 Å². The third-order valence-corrected chi connectivity index (χ3v) is 2.97. The van der Waals surface area contributed by atoms with Crippen molar-refractivity contribution in [2.24, 2.45) is 0 Å². The van der Waals surface area contributed by atoms with Crippen LogP contribution in [0.25, 0.3) is 0 Å². The fraction of sp³-hybridized carbons (Fsp3) is 0.385. The van der Waals surface area contributed by atoms with Gasteiger partial charge in [-0.3, -0.25) is 9.59 Å². The van der Waals surface area contributed by atoms with Crippen LogP contribution in [0.1, 0.15) is 12.0 Å². The van der Waals surface area contributed by atoms with E-state index >= 15 is 0 Å². The summed E-state index contributed by atoms with van der Waals surface area (Å²) in [5, 5.41) is 2.66. The highest BCUT2D eigenvalue weighted by molar-refractivity contribution is 5.86. The molecule has 1 fully saturated rings. The number of rotatable bonds is 2. The third kappa shape index (κ3) is 3.49. The summed E-state index contributed by atoms with van der Waals surface area (Å²) in [4.78, 5) is 24.7. The van der Waals surface area contributed by atoms with Crippen molar-refractivity contribution in [2.75, 3.05) is 19.6 Å². The van der Waals surface area contributed by atoms with Crippen molar-refractivity contribution in [3.8, 4) is 0 Å². The molecule has 0 saturated carbocycles. The molecule has 0 radical (unpaired) electrons. The van der Waals surface area contributed by atoms with Crippen LogP contribution >= 0.6 is 0 Å². The van der Waals surface area contributed by atoms with E-state index in [0.29, 0.717) is 19.5 Å². The average Bonchev–Trinajstić information content (AvgIpc) is 2.57. The second-order valence-electron chi connectivity index (χ2n) is 4.43. The lowest BCUT2D eigenvalue weighted by atomic mass is 10.1. The Morgan fingerprint density at radius 3 is 2.89 bits per heavy atom. The number of amides is 2. The second-order valence-corrected chi connectivity index (χ2v) is 4.43. The highest BCUT2D eigenvalue weighted by Crippen LogP contribution is 2.12. The van der Waals surface area contributed by atoms with Crippen molar-refractivity contribution < 1.29 is 18.4 Å². The fourth-order valence-corrected chi connectivity index (χ4v) is 1.96. The summed E-state index contributed by atoms with van der Waals surface area (Å²) in [5.41, 5.74) is 0.135. The minimum Gasteiger partial charge on any atom is -0.354 e. The molecule has 6 heteroatoms. The standard InChI is InChI=1S/C13H14F2N2O2/c14-10-3-2-9(11(15)7-10)6-13(19)17-5-1-4-16-12(18)8-17/h2-3,7H,1,4-6,8H2,(H,16,18). The van der Waals surface area contributed by atoms with Gasteiger partial charge in [0.25, 0.3) is 0 Å². The van der Waals surface area contributed by atoms with Gasteiger partial charge in [-0.25, -0.2) is 8.78 Å². The van der Waals surface area contributed by atoms with Crippen LogP contribution in [0.15, 0.2) is 18.2 Å². The third-order valence-electron chi connectivity index (χ3n) is 2.97. The Kier molecular flexibility index (Phi) is 4.09. The molecule has 0 aromatic heterocycles. The molecule has 1 N–H and O–H groups in total. The maximum absolute atomic E-state index is 13.4. The number of nitrogens with one attached hydrogen (secondary N) is 1. The molecule has 1 saturated heterocycles. The SMILES string of the molecule is O=C1CN(C(=O)Cc2ccc(F)cc2F)CCCN1. The summed E-state index contributed by atoms with van der Waals surface area (Å²) in [5.74, 6) is -1.97. The first-order chi connectivity index (χ1) is 9.06. The summed E-state index contributed by atoms with van der Waals surface area (Å²) in [6.07, 6.45) is 0.503. The van der Waals surface area contributed by atoms with Crippen LogP contribution < -0.4 is 5.32 Å². The van der Waals surface area contributed by atoms with Crippen molar-refractivity contribution in [3.05, 3.63) is 35.4 Å². The van der Waals surface area contributed by atoms with Gasteiger partial charge in [0, 0.05) is 19.2 Å². The van der Waals surface area contributed by atoms with Gasteiger partial charge in [-0.2, -0.15) is 0 Å². The van der Waals surface area contributed by atoms with Gasteiger partial charge in [-0.1, -0.05) is 6.07 Å². The van der Waals surface area contributed by atoms with E-state index in [1.807, 2.05) is 0 Å². The van der Waals surface area contributed by atoms with E-state index in [2.05, 4.69) is 5.32 Å². The number of carbonyl (C=O) groups excluding carboxylic acids is 2. The molecule has 102 valence electrons. The number of halogens is 2. The maximum Gasteiger partial charge on any atom is 0.239 e. The molecular weight excluding hydrogens is 254 g/mol. The Morgan fingerprint density at radius 1 is 1.37 bits per heavy atom. The van der Waals surface area contributed by atoms with Gasteiger partial charge >= 0.3 is 0 Å². The number of benzene rings is 1. The zero-order valence-electron chi connectivity index (χ0n) is 10.3. The molecule has 1 aromatic rings. The zero-order chi connectivity index (χ0) is 13.8. The molecular formula is C13H14F2N2O2. The van der Waals surface area contributed by atoms with E-state index in [0.717, 1.165) is 12.1 Å². The van der Waals surface area contributed by atoms with E-state index in [1.165, 1.54) is 11.0 Å². The molecule has 1 aliphatic rings. The number of nitrogens with zero attached hydrogens (tertiary/aromatic N) is 1. The number of carbonyl (C=O) groups is 2. The van der Waals surface area contributed by atoms with Crippen molar-refractivity contribution in [1.29, 1.82) is 0 Å². The maximum atomic E-state index is 13.4. The highest BCUT2D eigenvalue weighted by Gasteiger charge is 2.20. The topological polar surface area (TPSA) is 49.4 Å². The van der Waals surface area contributed by atoms with E-state index in [1.54, 1.807) is 0 Å². The lowest BCUT2D eigenvalue weighted by molar-refractivity contribution is -0.134. The minimum atomic E-state index is -0.743. The average molecular weight is 268 g/mol. The normalized spacial score (nSPS) is 15.9. The molecule has 1 heterocycles. The van der Waals surface area contributed by atoms with Gasteiger partial charge in [0.1, 0.15) is 11.6 Å². The molecule has 2 amide bonds. The Morgan fingerprint density at radius 2 is 2.16 bits per heavy atom. The van der Waals surface area contributed by atoms with Crippen molar-refractivity contribution in [1.82, 2.24) is 10.2 Å². The quantitative estimate of drug-likeness (QED) is 0.864. The van der Waals surface area contributed by atoms with Crippen molar-refractivity contribution >= 4 is 11.8 Å². The van der Waals surface area contributed by atoms with Crippen LogP contribution in [0.4, 0.5) is 8.78 Å². The van der Waals surface area contributed by atoms with Crippen LogP contribution in [-0.2, 0) is 16.0 Å². The van der Waals surface area contributed by atoms with Crippen LogP contribution in [0, 0.1) is 11.6 Å². The summed E-state index contributed by atoms with van der Waals surface area (Å²) in [6, 6.07) is 3.11. The van der Waals surface area contributed by atoms with E-state index in [9.17, 15) is 18.4 Å². The Hall–Kier alpha value is -1.98. The molecule has 1 aromatic carbocycles. The summed E-state index contributed by atoms with van der Waals surface area (Å²) in [7, 11) is 0. The van der Waals surface area contributed by atoms with Gasteiger partial charge in [0.15, 0.2) is 0 Å². The van der Waals surface area contributed by atoms with E-state index in [-0.39, 0.29) is 30.3 Å². The van der Waals surface area contributed by atoms with Crippen LogP contribution in [0.5, 0.6) is 0 Å². The van der Waals surface area contributed by atoms with Crippen LogP contribution in [-0.4, -0.2) is 36.3 Å². The van der Waals surface area contributed by atoms with Crippen molar-refractivity contribution in [2.45, 2.75) is 12.8 Å². The Labute approximate surface area is 109 Å². The predicted octanol–water partition coefficient (Wildman–Crippen LogP) is 0.856. The summed E-state index contributed by atoms with van der Waals surface area (Å²) in [6.45, 7) is 0.982. The fourth-order valence-electron chi connectivity index (χ4n) is 1.96. The predicted molar refractivity (Wildman–Crippen MR) is 64.3 cm³/mol. The molecule has 0 bridgehead atoms. The lowest BCUT2D eigenvalue weighted by Gasteiger charge is -2.19. The molecule has 0 spiro atoms. The molecule has 1 aliphatic heterocycles. The van der Waals surface area contributed by atoms with Gasteiger partial charge in [0.2, 0.25) is 11.8 Å². The minimum absolute atomic E-state index is 0.0123. The molecule has 0 unspecified atom stereocenters. The smallest absolute Gasteiger partial charge is 0.239 e.